The van der Waals surface area contributed by atoms with Crippen LogP contribution in [0.25, 0.3) is 21.8 Å². The molecule has 0 spiro atoms. The van der Waals surface area contributed by atoms with E-state index in [-0.39, 0.29) is 0 Å². The highest BCUT2D eigenvalue weighted by Gasteiger charge is 1.98. The fraction of sp³-hybridized carbons (Fsp3) is 0.0556. The number of aryl methyl sites for hydroxylation is 1. The monoisotopic (exact) mass is 294 g/mol. The molecule has 0 fully saturated rings. The Morgan fingerprint density at radius 1 is 0.952 bits per heavy atom. The van der Waals surface area contributed by atoms with Gasteiger partial charge in [0.1, 0.15) is 0 Å². The zero-order chi connectivity index (χ0) is 14.7. The summed E-state index contributed by atoms with van der Waals surface area (Å²) in [5, 5.41) is 3.23. The molecule has 4 rings (SSSR count). The molecule has 0 radical (unpaired) electrons. The molecule has 0 aliphatic carbocycles. The minimum absolute atomic E-state index is 0.819. The van der Waals surface area contributed by atoms with Crippen LogP contribution in [0.15, 0.2) is 67.0 Å². The maximum Gasteiger partial charge on any atom is 0.0701 e. The second-order valence-corrected chi connectivity index (χ2v) is 5.27. The SMILES string of the molecule is Cc1cc2cc[nH]c2cc1Cl.c1ccc2ncccc2c1. The van der Waals surface area contributed by atoms with Crippen LogP contribution in [0.4, 0.5) is 0 Å². The highest BCUT2D eigenvalue weighted by atomic mass is 35.5. The van der Waals surface area contributed by atoms with Gasteiger partial charge in [0.2, 0.25) is 0 Å². The molecule has 0 saturated heterocycles. The third-order valence-corrected chi connectivity index (χ3v) is 3.75. The highest BCUT2D eigenvalue weighted by molar-refractivity contribution is 6.32. The summed E-state index contributed by atoms with van der Waals surface area (Å²) >= 11 is 5.92. The van der Waals surface area contributed by atoms with Crippen molar-refractivity contribution in [3.63, 3.8) is 0 Å². The molecule has 0 bridgehead atoms. The first kappa shape index (κ1) is 13.7. The number of benzene rings is 2. The first-order valence-corrected chi connectivity index (χ1v) is 7.15. The van der Waals surface area contributed by atoms with Gasteiger partial charge < -0.3 is 4.98 Å². The molecule has 4 aromatic rings. The van der Waals surface area contributed by atoms with E-state index in [1.54, 1.807) is 0 Å². The lowest BCUT2D eigenvalue weighted by molar-refractivity contribution is 1.41. The Hall–Kier alpha value is -2.32. The van der Waals surface area contributed by atoms with E-state index in [0.29, 0.717) is 0 Å². The molecular weight excluding hydrogens is 280 g/mol. The summed E-state index contributed by atoms with van der Waals surface area (Å²) in [4.78, 5) is 7.28. The van der Waals surface area contributed by atoms with Gasteiger partial charge in [-0.3, -0.25) is 4.98 Å². The lowest BCUT2D eigenvalue weighted by atomic mass is 10.2. The van der Waals surface area contributed by atoms with Gasteiger partial charge in [-0.1, -0.05) is 35.9 Å². The number of halogens is 1. The van der Waals surface area contributed by atoms with Crippen LogP contribution in [-0.4, -0.2) is 9.97 Å². The summed E-state index contributed by atoms with van der Waals surface area (Å²) in [6.07, 6.45) is 3.72. The molecule has 2 aromatic heterocycles. The van der Waals surface area contributed by atoms with Crippen LogP contribution in [0.5, 0.6) is 0 Å². The van der Waals surface area contributed by atoms with Crippen molar-refractivity contribution in [2.24, 2.45) is 0 Å². The van der Waals surface area contributed by atoms with E-state index in [2.05, 4.69) is 28.2 Å². The molecule has 21 heavy (non-hydrogen) atoms. The Balaban J connectivity index is 0.000000126. The van der Waals surface area contributed by atoms with Crippen molar-refractivity contribution in [1.29, 1.82) is 0 Å². The average molecular weight is 295 g/mol. The number of hydrogen-bond donors (Lipinski definition) is 1. The van der Waals surface area contributed by atoms with Gasteiger partial charge in [-0.15, -0.1) is 0 Å². The van der Waals surface area contributed by atoms with Gasteiger partial charge >= 0.3 is 0 Å². The predicted molar refractivity (Wildman–Crippen MR) is 89.8 cm³/mol. The van der Waals surface area contributed by atoms with Crippen molar-refractivity contribution in [3.05, 3.63) is 77.6 Å². The Kier molecular flexibility index (Phi) is 3.89. The summed E-state index contributed by atoms with van der Waals surface area (Å²) in [5.74, 6) is 0. The Labute approximate surface area is 128 Å². The first-order chi connectivity index (χ1) is 10.2. The second-order valence-electron chi connectivity index (χ2n) is 4.86. The van der Waals surface area contributed by atoms with Gasteiger partial charge in [-0.05, 0) is 48.2 Å². The van der Waals surface area contributed by atoms with E-state index in [1.807, 2.05) is 55.7 Å². The van der Waals surface area contributed by atoms with E-state index < -0.39 is 0 Å². The third-order valence-electron chi connectivity index (χ3n) is 3.34. The summed E-state index contributed by atoms with van der Waals surface area (Å²) < 4.78 is 0. The molecule has 2 heterocycles. The Morgan fingerprint density at radius 2 is 1.76 bits per heavy atom. The number of nitrogens with one attached hydrogen (secondary N) is 1. The fourth-order valence-corrected chi connectivity index (χ4v) is 2.37. The summed E-state index contributed by atoms with van der Waals surface area (Å²) in [6.45, 7) is 2.01. The van der Waals surface area contributed by atoms with Gasteiger partial charge in [0.25, 0.3) is 0 Å². The lowest BCUT2D eigenvalue weighted by Crippen LogP contribution is -1.74. The van der Waals surface area contributed by atoms with Gasteiger partial charge in [0, 0.05) is 28.3 Å². The first-order valence-electron chi connectivity index (χ1n) is 6.77. The van der Waals surface area contributed by atoms with E-state index >= 15 is 0 Å². The number of pyridine rings is 1. The number of H-pyrrole nitrogens is 1. The van der Waals surface area contributed by atoms with Crippen molar-refractivity contribution in [2.45, 2.75) is 6.92 Å². The number of fused-ring (bicyclic) bond motifs is 2. The molecular formula is C18H15ClN2. The van der Waals surface area contributed by atoms with Crippen molar-refractivity contribution in [1.82, 2.24) is 9.97 Å². The fourth-order valence-electron chi connectivity index (χ4n) is 2.20. The van der Waals surface area contributed by atoms with E-state index in [0.717, 1.165) is 21.6 Å². The van der Waals surface area contributed by atoms with Crippen LogP contribution in [0.2, 0.25) is 5.02 Å². The van der Waals surface area contributed by atoms with Crippen molar-refractivity contribution >= 4 is 33.4 Å². The number of hydrogen-bond acceptors (Lipinski definition) is 1. The molecule has 0 unspecified atom stereocenters. The van der Waals surface area contributed by atoms with E-state index in [9.17, 15) is 0 Å². The van der Waals surface area contributed by atoms with Crippen LogP contribution in [0, 0.1) is 6.92 Å². The lowest BCUT2D eigenvalue weighted by Gasteiger charge is -1.96. The molecule has 0 saturated carbocycles. The van der Waals surface area contributed by atoms with Gasteiger partial charge in [0.15, 0.2) is 0 Å². The standard InChI is InChI=1S/C9H8ClN.C9H7N/c1-6-4-7-2-3-11-9(7)5-8(6)10;1-2-6-9-8(4-1)5-3-7-10-9/h2-5,11H,1H3;1-7H. The van der Waals surface area contributed by atoms with E-state index in [1.165, 1.54) is 10.8 Å². The number of para-hydroxylation sites is 1. The zero-order valence-corrected chi connectivity index (χ0v) is 12.4. The Bertz CT molecular complexity index is 779. The van der Waals surface area contributed by atoms with Crippen LogP contribution in [0.1, 0.15) is 5.56 Å². The predicted octanol–water partition coefficient (Wildman–Crippen LogP) is 5.36. The maximum atomic E-state index is 5.92. The molecule has 0 aliphatic heterocycles. The smallest absolute Gasteiger partial charge is 0.0701 e. The molecule has 0 atom stereocenters. The quantitative estimate of drug-likeness (QED) is 0.464. The molecule has 0 amide bonds. The summed E-state index contributed by atoms with van der Waals surface area (Å²) in [6, 6.07) is 18.2. The largest absolute Gasteiger partial charge is 0.361 e. The van der Waals surface area contributed by atoms with Crippen molar-refractivity contribution < 1.29 is 0 Å². The highest BCUT2D eigenvalue weighted by Crippen LogP contribution is 2.21. The zero-order valence-electron chi connectivity index (χ0n) is 11.7. The second kappa shape index (κ2) is 5.98. The van der Waals surface area contributed by atoms with Gasteiger partial charge in [-0.2, -0.15) is 0 Å². The summed E-state index contributed by atoms with van der Waals surface area (Å²) in [5.41, 5.74) is 3.28. The maximum absolute atomic E-state index is 5.92. The number of rotatable bonds is 0. The normalized spacial score (nSPS) is 10.4. The average Bonchev–Trinajstić information content (AvgIpc) is 2.96. The molecule has 0 aliphatic rings. The summed E-state index contributed by atoms with van der Waals surface area (Å²) in [7, 11) is 0. The van der Waals surface area contributed by atoms with Crippen molar-refractivity contribution in [3.8, 4) is 0 Å². The van der Waals surface area contributed by atoms with Crippen LogP contribution >= 0.6 is 11.6 Å². The number of aromatic amines is 1. The van der Waals surface area contributed by atoms with Gasteiger partial charge in [-0.25, -0.2) is 0 Å². The molecule has 104 valence electrons. The molecule has 1 N–H and O–H groups in total. The molecule has 2 aromatic carbocycles. The number of nitrogens with zero attached hydrogens (tertiary/aromatic N) is 1. The van der Waals surface area contributed by atoms with Crippen LogP contribution in [-0.2, 0) is 0 Å². The Morgan fingerprint density at radius 3 is 2.62 bits per heavy atom. The molecule has 3 heteroatoms. The van der Waals surface area contributed by atoms with Crippen molar-refractivity contribution in [2.75, 3.05) is 0 Å². The minimum Gasteiger partial charge on any atom is -0.361 e. The van der Waals surface area contributed by atoms with Gasteiger partial charge in [0.05, 0.1) is 5.52 Å². The van der Waals surface area contributed by atoms with E-state index in [4.69, 9.17) is 11.6 Å². The van der Waals surface area contributed by atoms with Crippen LogP contribution in [0.3, 0.4) is 0 Å². The number of aromatic nitrogens is 2. The topological polar surface area (TPSA) is 28.7 Å². The molecule has 2 nitrogen and oxygen atoms in total. The minimum atomic E-state index is 0.819. The third kappa shape index (κ3) is 3.06. The van der Waals surface area contributed by atoms with Crippen LogP contribution < -0.4 is 0 Å².